The van der Waals surface area contributed by atoms with Crippen molar-refractivity contribution in [1.82, 2.24) is 0 Å². The minimum absolute atomic E-state index is 0. The number of nitrogens with two attached hydrogens (primary N) is 2. The predicted molar refractivity (Wildman–Crippen MR) is 131 cm³/mol. The molecule has 0 aliphatic carbocycles. The molecular weight excluding hydrogens is 405 g/mol. The fraction of sp³-hybridized carbons (Fsp3) is 0.409. The average molecular weight is 440 g/mol. The van der Waals surface area contributed by atoms with E-state index in [1.807, 2.05) is 36.4 Å². The number of quaternary nitrogens is 1. The van der Waals surface area contributed by atoms with Crippen molar-refractivity contribution in [2.75, 3.05) is 61.9 Å². The van der Waals surface area contributed by atoms with E-state index in [1.165, 1.54) is 0 Å². The van der Waals surface area contributed by atoms with Gasteiger partial charge in [0.2, 0.25) is 0 Å². The van der Waals surface area contributed by atoms with Crippen LogP contribution in [-0.2, 0) is 0 Å². The molecule has 0 heterocycles. The SMILES string of the molecule is CC[N+](C)(CCCNc1ccc(N)c(Cl)c1)CCCNc1ccc(N)c(Cl)c1.[CH3-]. The number of nitrogen functional groups attached to an aromatic ring is 2. The van der Waals surface area contributed by atoms with Gasteiger partial charge in [0.1, 0.15) is 0 Å². The number of benzene rings is 2. The Morgan fingerprint density at radius 1 is 0.828 bits per heavy atom. The standard InChI is InChI=1S/C21H32Cl2N5.CH3/c1-3-28(2,12-4-10-26-16-6-8-20(24)18(22)14-16)13-5-11-27-17-7-9-21(25)19(23)15-17;/h6-9,14-15,26-27H,3-5,10-13,24-25H2,1-2H3;1H3/q+1;-1. The van der Waals surface area contributed by atoms with E-state index in [2.05, 4.69) is 24.6 Å². The number of rotatable bonds is 11. The van der Waals surface area contributed by atoms with Gasteiger partial charge in [-0.2, -0.15) is 0 Å². The van der Waals surface area contributed by atoms with E-state index in [-0.39, 0.29) is 7.43 Å². The second kappa shape index (κ2) is 12.0. The van der Waals surface area contributed by atoms with Crippen LogP contribution in [0, 0.1) is 7.43 Å². The molecule has 6 N–H and O–H groups in total. The molecule has 2 rings (SSSR count). The van der Waals surface area contributed by atoms with Crippen molar-refractivity contribution in [3.63, 3.8) is 0 Å². The molecule has 7 heteroatoms. The Balaban J connectivity index is 0.00000420. The number of hydrogen-bond donors (Lipinski definition) is 4. The van der Waals surface area contributed by atoms with Gasteiger partial charge in [0, 0.05) is 37.3 Å². The summed E-state index contributed by atoms with van der Waals surface area (Å²) in [7, 11) is 2.32. The maximum Gasteiger partial charge on any atom is 0.0801 e. The molecular formula is C22H35Cl2N5. The van der Waals surface area contributed by atoms with E-state index in [1.54, 1.807) is 0 Å². The predicted octanol–water partition coefficient (Wildman–Crippen LogP) is 5.38. The molecule has 0 aliphatic rings. The fourth-order valence-corrected chi connectivity index (χ4v) is 3.45. The lowest BCUT2D eigenvalue weighted by atomic mass is 10.2. The fourth-order valence-electron chi connectivity index (χ4n) is 3.09. The van der Waals surface area contributed by atoms with Crippen LogP contribution in [-0.4, -0.2) is 44.3 Å². The van der Waals surface area contributed by atoms with Gasteiger partial charge in [-0.25, -0.2) is 0 Å². The zero-order valence-corrected chi connectivity index (χ0v) is 19.3. The summed E-state index contributed by atoms with van der Waals surface area (Å²) in [6.07, 6.45) is 2.18. The Labute approximate surface area is 185 Å². The molecule has 0 unspecified atom stereocenters. The van der Waals surface area contributed by atoms with Crippen molar-refractivity contribution in [1.29, 1.82) is 0 Å². The van der Waals surface area contributed by atoms with Gasteiger partial charge in [-0.3, -0.25) is 0 Å². The maximum atomic E-state index is 6.07. The Morgan fingerprint density at radius 3 is 1.59 bits per heavy atom. The van der Waals surface area contributed by atoms with E-state index in [0.29, 0.717) is 21.4 Å². The third-order valence-corrected chi connectivity index (χ3v) is 5.83. The number of nitrogens with zero attached hydrogens (tertiary/aromatic N) is 1. The van der Waals surface area contributed by atoms with Gasteiger partial charge in [0.15, 0.2) is 0 Å². The van der Waals surface area contributed by atoms with Crippen LogP contribution in [0.25, 0.3) is 0 Å². The van der Waals surface area contributed by atoms with Crippen LogP contribution in [0.15, 0.2) is 36.4 Å². The van der Waals surface area contributed by atoms with Gasteiger partial charge < -0.3 is 34.0 Å². The number of anilines is 4. The molecule has 29 heavy (non-hydrogen) atoms. The van der Waals surface area contributed by atoms with Crippen LogP contribution in [0.1, 0.15) is 19.8 Å². The van der Waals surface area contributed by atoms with E-state index in [0.717, 1.165) is 61.4 Å². The van der Waals surface area contributed by atoms with Gasteiger partial charge in [0.25, 0.3) is 0 Å². The lowest BCUT2D eigenvalue weighted by Gasteiger charge is -2.33. The minimum atomic E-state index is 0. The van der Waals surface area contributed by atoms with Crippen molar-refractivity contribution in [2.45, 2.75) is 19.8 Å². The summed E-state index contributed by atoms with van der Waals surface area (Å²) in [4.78, 5) is 0. The molecule has 0 aliphatic heterocycles. The molecule has 0 saturated heterocycles. The van der Waals surface area contributed by atoms with Gasteiger partial charge in [-0.15, -0.1) is 0 Å². The Kier molecular flexibility index (Phi) is 10.4. The van der Waals surface area contributed by atoms with Crippen LogP contribution >= 0.6 is 23.2 Å². The maximum absolute atomic E-state index is 6.07. The number of halogens is 2. The van der Waals surface area contributed by atoms with Crippen LogP contribution in [0.5, 0.6) is 0 Å². The number of hydrogen-bond acceptors (Lipinski definition) is 4. The van der Waals surface area contributed by atoms with E-state index >= 15 is 0 Å². The summed E-state index contributed by atoms with van der Waals surface area (Å²) in [6.45, 7) is 7.44. The van der Waals surface area contributed by atoms with Crippen molar-refractivity contribution >= 4 is 46.0 Å². The second-order valence-corrected chi connectivity index (χ2v) is 8.23. The Morgan fingerprint density at radius 2 is 1.24 bits per heavy atom. The summed E-state index contributed by atoms with van der Waals surface area (Å²) in [6, 6.07) is 11.3. The molecule has 0 spiro atoms. The third kappa shape index (κ3) is 8.21. The second-order valence-electron chi connectivity index (χ2n) is 7.42. The van der Waals surface area contributed by atoms with Gasteiger partial charge >= 0.3 is 0 Å². The highest BCUT2D eigenvalue weighted by molar-refractivity contribution is 6.33. The van der Waals surface area contributed by atoms with E-state index < -0.39 is 0 Å². The molecule has 0 bridgehead atoms. The molecule has 0 amide bonds. The first kappa shape index (κ1) is 25.2. The molecule has 0 atom stereocenters. The van der Waals surface area contributed by atoms with Gasteiger partial charge in [-0.1, -0.05) is 23.2 Å². The Hall–Kier alpha value is -1.82. The smallest absolute Gasteiger partial charge is 0.0801 e. The summed E-state index contributed by atoms with van der Waals surface area (Å²) >= 11 is 12.1. The largest absolute Gasteiger partial charge is 0.398 e. The molecule has 2 aromatic carbocycles. The van der Waals surface area contributed by atoms with Crippen LogP contribution < -0.4 is 22.1 Å². The summed E-state index contributed by atoms with van der Waals surface area (Å²) in [5.41, 5.74) is 14.7. The van der Waals surface area contributed by atoms with Gasteiger partial charge in [0.05, 0.1) is 48.1 Å². The zero-order valence-electron chi connectivity index (χ0n) is 17.8. The summed E-state index contributed by atoms with van der Waals surface area (Å²) in [5, 5.41) is 8.03. The van der Waals surface area contributed by atoms with Crippen molar-refractivity contribution < 1.29 is 4.48 Å². The highest BCUT2D eigenvalue weighted by Gasteiger charge is 2.18. The lowest BCUT2D eigenvalue weighted by molar-refractivity contribution is -0.907. The first-order chi connectivity index (χ1) is 13.3. The number of nitrogens with one attached hydrogen (secondary N) is 2. The molecule has 162 valence electrons. The van der Waals surface area contributed by atoms with Crippen molar-refractivity contribution in [3.8, 4) is 0 Å². The van der Waals surface area contributed by atoms with Crippen LogP contribution in [0.3, 0.4) is 0 Å². The quantitative estimate of drug-likeness (QED) is 0.164. The highest BCUT2D eigenvalue weighted by Crippen LogP contribution is 2.23. The molecule has 0 saturated carbocycles. The monoisotopic (exact) mass is 439 g/mol. The molecule has 0 aromatic heterocycles. The molecule has 2 aromatic rings. The first-order valence-corrected chi connectivity index (χ1v) is 10.5. The average Bonchev–Trinajstić information content (AvgIpc) is 2.68. The molecule has 0 radical (unpaired) electrons. The first-order valence-electron chi connectivity index (χ1n) is 9.74. The Bertz CT molecular complexity index is 707. The minimum Gasteiger partial charge on any atom is -0.398 e. The lowest BCUT2D eigenvalue weighted by Crippen LogP contribution is -2.46. The zero-order chi connectivity index (χ0) is 20.6. The van der Waals surface area contributed by atoms with Crippen molar-refractivity contribution in [2.24, 2.45) is 0 Å². The molecule has 5 nitrogen and oxygen atoms in total. The van der Waals surface area contributed by atoms with E-state index in [4.69, 9.17) is 34.7 Å². The normalized spacial score (nSPS) is 11.0. The van der Waals surface area contributed by atoms with Crippen LogP contribution in [0.2, 0.25) is 10.0 Å². The van der Waals surface area contributed by atoms with E-state index in [9.17, 15) is 0 Å². The van der Waals surface area contributed by atoms with Gasteiger partial charge in [-0.05, 0) is 43.3 Å². The molecule has 0 fully saturated rings. The summed E-state index contributed by atoms with van der Waals surface area (Å²) in [5.74, 6) is 0. The summed E-state index contributed by atoms with van der Waals surface area (Å²) < 4.78 is 1.05. The highest BCUT2D eigenvalue weighted by atomic mass is 35.5. The van der Waals surface area contributed by atoms with Crippen molar-refractivity contribution in [3.05, 3.63) is 53.9 Å². The third-order valence-electron chi connectivity index (χ3n) is 5.17. The topological polar surface area (TPSA) is 76.1 Å². The van der Waals surface area contributed by atoms with Crippen LogP contribution in [0.4, 0.5) is 22.7 Å².